The van der Waals surface area contributed by atoms with Crippen LogP contribution in [0.1, 0.15) is 6.92 Å². The number of benzene rings is 2. The number of hydrogen-bond acceptors (Lipinski definition) is 7. The number of rotatable bonds is 4. The highest BCUT2D eigenvalue weighted by atomic mass is 16.6. The lowest BCUT2D eigenvalue weighted by Crippen LogP contribution is -2.47. The largest absolute Gasteiger partial charge is 0.394 e. The molecule has 31 heavy (non-hydrogen) atoms. The van der Waals surface area contributed by atoms with Crippen LogP contribution in [0.2, 0.25) is 0 Å². The summed E-state index contributed by atoms with van der Waals surface area (Å²) in [5, 5.41) is 33.5. The highest BCUT2D eigenvalue weighted by molar-refractivity contribution is 6.07. The average Bonchev–Trinajstić information content (AvgIpc) is 3.24. The standard InChI is InChI=1S/C23H24N4O4/c1-23(30)18(31-17(11-28)20(23)29)10-27-9-16(19-21(24)25-12-26-22(19)27)15-8-4-6-13-5-2-3-7-14(13)15/h2-9,12,17-18,20,28-30H,10-11H2,1H3,(H2,24,25,26)/t17-,18+,20?,23+/m1/s1. The summed E-state index contributed by atoms with van der Waals surface area (Å²) in [6.45, 7) is 1.35. The summed E-state index contributed by atoms with van der Waals surface area (Å²) < 4.78 is 7.62. The zero-order valence-corrected chi connectivity index (χ0v) is 17.0. The second-order valence-corrected chi connectivity index (χ2v) is 8.20. The molecule has 8 heteroatoms. The van der Waals surface area contributed by atoms with Crippen LogP contribution in [0.4, 0.5) is 5.82 Å². The quantitative estimate of drug-likeness (QED) is 0.396. The second-order valence-electron chi connectivity index (χ2n) is 8.20. The number of nitrogens with two attached hydrogens (primary N) is 1. The van der Waals surface area contributed by atoms with Gasteiger partial charge in [0.25, 0.3) is 0 Å². The third kappa shape index (κ3) is 3.07. The number of aromatic nitrogens is 3. The van der Waals surface area contributed by atoms with Gasteiger partial charge in [-0.15, -0.1) is 0 Å². The van der Waals surface area contributed by atoms with Crippen LogP contribution in [-0.2, 0) is 11.3 Å². The zero-order chi connectivity index (χ0) is 21.8. The van der Waals surface area contributed by atoms with Gasteiger partial charge in [0.1, 0.15) is 41.7 Å². The van der Waals surface area contributed by atoms with Crippen molar-refractivity contribution in [3.8, 4) is 11.1 Å². The van der Waals surface area contributed by atoms with Crippen molar-refractivity contribution in [2.45, 2.75) is 37.4 Å². The predicted molar refractivity (Wildman–Crippen MR) is 117 cm³/mol. The van der Waals surface area contributed by atoms with E-state index in [2.05, 4.69) is 28.2 Å². The van der Waals surface area contributed by atoms with E-state index in [1.54, 1.807) is 0 Å². The Hall–Kier alpha value is -3.04. The van der Waals surface area contributed by atoms with Crippen LogP contribution in [0, 0.1) is 0 Å². The van der Waals surface area contributed by atoms with E-state index in [0.717, 1.165) is 27.3 Å². The number of fused-ring (bicyclic) bond motifs is 2. The molecule has 1 aliphatic heterocycles. The van der Waals surface area contributed by atoms with Crippen LogP contribution in [0.25, 0.3) is 32.9 Å². The smallest absolute Gasteiger partial charge is 0.146 e. The summed E-state index contributed by atoms with van der Waals surface area (Å²) in [6.07, 6.45) is 0.544. The van der Waals surface area contributed by atoms with Gasteiger partial charge in [-0.05, 0) is 23.3 Å². The van der Waals surface area contributed by atoms with Crippen molar-refractivity contribution in [1.82, 2.24) is 14.5 Å². The van der Waals surface area contributed by atoms with E-state index in [9.17, 15) is 15.3 Å². The summed E-state index contributed by atoms with van der Waals surface area (Å²) in [4.78, 5) is 8.62. The fraction of sp³-hybridized carbons (Fsp3) is 0.304. The van der Waals surface area contributed by atoms with Gasteiger partial charge in [0.2, 0.25) is 0 Å². The molecule has 160 valence electrons. The third-order valence-electron chi connectivity index (χ3n) is 6.25. The minimum Gasteiger partial charge on any atom is -0.394 e. The van der Waals surface area contributed by atoms with Crippen LogP contribution >= 0.6 is 0 Å². The van der Waals surface area contributed by atoms with Gasteiger partial charge in [0.05, 0.1) is 18.5 Å². The molecule has 3 heterocycles. The lowest BCUT2D eigenvalue weighted by atomic mass is 9.93. The molecule has 0 aliphatic carbocycles. The Morgan fingerprint density at radius 1 is 1.13 bits per heavy atom. The Morgan fingerprint density at radius 2 is 1.90 bits per heavy atom. The molecule has 5 rings (SSSR count). The summed E-state index contributed by atoms with van der Waals surface area (Å²) >= 11 is 0. The number of anilines is 1. The Bertz CT molecular complexity index is 1260. The van der Waals surface area contributed by atoms with E-state index in [1.165, 1.54) is 13.3 Å². The van der Waals surface area contributed by atoms with Gasteiger partial charge in [-0.25, -0.2) is 9.97 Å². The van der Waals surface area contributed by atoms with Crippen molar-refractivity contribution in [2.24, 2.45) is 0 Å². The molecule has 2 aromatic carbocycles. The molecule has 1 aliphatic rings. The maximum Gasteiger partial charge on any atom is 0.146 e. The lowest BCUT2D eigenvalue weighted by molar-refractivity contribution is -0.0677. The SMILES string of the molecule is C[C@@]1(O)C(O)[C@@H](CO)O[C@H]1Cn1cc(-c2cccc3ccccc23)c2c(N)ncnc21. The highest BCUT2D eigenvalue weighted by Crippen LogP contribution is 2.38. The maximum absolute atomic E-state index is 10.8. The van der Waals surface area contributed by atoms with Crippen LogP contribution in [0.5, 0.6) is 0 Å². The Kier molecular flexibility index (Phi) is 4.67. The Labute approximate surface area is 178 Å². The van der Waals surface area contributed by atoms with E-state index in [1.807, 2.05) is 35.0 Å². The van der Waals surface area contributed by atoms with Crippen LogP contribution in [0.15, 0.2) is 55.0 Å². The normalized spacial score (nSPS) is 26.1. The first-order chi connectivity index (χ1) is 14.9. The van der Waals surface area contributed by atoms with Crippen molar-refractivity contribution in [2.75, 3.05) is 12.3 Å². The summed E-state index contributed by atoms with van der Waals surface area (Å²) in [5.41, 5.74) is 7.22. The minimum atomic E-state index is -1.53. The van der Waals surface area contributed by atoms with Crippen LogP contribution < -0.4 is 5.73 Å². The van der Waals surface area contributed by atoms with E-state index in [4.69, 9.17) is 10.5 Å². The predicted octanol–water partition coefficient (Wildman–Crippen LogP) is 1.71. The molecule has 4 atom stereocenters. The summed E-state index contributed by atoms with van der Waals surface area (Å²) in [5.74, 6) is 0.360. The number of aliphatic hydroxyl groups is 3. The van der Waals surface area contributed by atoms with Crippen molar-refractivity contribution >= 4 is 27.6 Å². The summed E-state index contributed by atoms with van der Waals surface area (Å²) in [6, 6.07) is 14.2. The third-order valence-corrected chi connectivity index (χ3v) is 6.25. The summed E-state index contributed by atoms with van der Waals surface area (Å²) in [7, 11) is 0. The van der Waals surface area contributed by atoms with Crippen molar-refractivity contribution in [3.63, 3.8) is 0 Å². The monoisotopic (exact) mass is 420 g/mol. The number of nitrogens with zero attached hydrogens (tertiary/aromatic N) is 3. The molecule has 8 nitrogen and oxygen atoms in total. The molecule has 0 saturated carbocycles. The molecule has 1 fully saturated rings. The molecular weight excluding hydrogens is 396 g/mol. The van der Waals surface area contributed by atoms with Gasteiger partial charge in [-0.3, -0.25) is 0 Å². The van der Waals surface area contributed by atoms with E-state index in [0.29, 0.717) is 11.5 Å². The van der Waals surface area contributed by atoms with Crippen molar-refractivity contribution in [3.05, 3.63) is 55.0 Å². The van der Waals surface area contributed by atoms with E-state index in [-0.39, 0.29) is 13.2 Å². The lowest BCUT2D eigenvalue weighted by Gasteiger charge is -2.26. The first kappa shape index (κ1) is 19.9. The molecule has 2 aromatic heterocycles. The average molecular weight is 420 g/mol. The first-order valence-corrected chi connectivity index (χ1v) is 10.2. The molecular formula is C23H24N4O4. The van der Waals surface area contributed by atoms with E-state index < -0.39 is 23.9 Å². The van der Waals surface area contributed by atoms with E-state index >= 15 is 0 Å². The Balaban J connectivity index is 1.66. The molecule has 1 saturated heterocycles. The molecule has 0 amide bonds. The molecule has 0 spiro atoms. The molecule has 0 bridgehead atoms. The minimum absolute atomic E-state index is 0.221. The highest BCUT2D eigenvalue weighted by Gasteiger charge is 2.51. The van der Waals surface area contributed by atoms with Crippen LogP contribution in [0.3, 0.4) is 0 Å². The first-order valence-electron chi connectivity index (χ1n) is 10.2. The van der Waals surface area contributed by atoms with Crippen LogP contribution in [-0.4, -0.2) is 60.4 Å². The van der Waals surface area contributed by atoms with Crippen molar-refractivity contribution in [1.29, 1.82) is 0 Å². The zero-order valence-electron chi connectivity index (χ0n) is 17.0. The fourth-order valence-electron chi connectivity index (χ4n) is 4.49. The molecule has 4 aromatic rings. The maximum atomic E-state index is 10.8. The number of hydrogen-bond donors (Lipinski definition) is 4. The number of nitrogen functional groups attached to an aromatic ring is 1. The number of aliphatic hydroxyl groups excluding tert-OH is 2. The molecule has 0 radical (unpaired) electrons. The van der Waals surface area contributed by atoms with Gasteiger partial charge in [-0.1, -0.05) is 42.5 Å². The van der Waals surface area contributed by atoms with Gasteiger partial charge in [0.15, 0.2) is 0 Å². The van der Waals surface area contributed by atoms with Gasteiger partial charge in [-0.2, -0.15) is 0 Å². The van der Waals surface area contributed by atoms with Gasteiger partial charge in [0, 0.05) is 11.8 Å². The Morgan fingerprint density at radius 3 is 2.68 bits per heavy atom. The van der Waals surface area contributed by atoms with Gasteiger partial charge < -0.3 is 30.4 Å². The fourth-order valence-corrected chi connectivity index (χ4v) is 4.49. The molecule has 5 N–H and O–H groups in total. The molecule has 1 unspecified atom stereocenters. The number of ether oxygens (including phenoxy) is 1. The second kappa shape index (κ2) is 7.28. The van der Waals surface area contributed by atoms with Gasteiger partial charge >= 0.3 is 0 Å². The van der Waals surface area contributed by atoms with Crippen molar-refractivity contribution < 1.29 is 20.1 Å². The topological polar surface area (TPSA) is 127 Å².